The second kappa shape index (κ2) is 5.88. The van der Waals surface area contributed by atoms with Crippen LogP contribution >= 0.6 is 0 Å². The molecule has 2 aromatic heterocycles. The molecule has 2 N–H and O–H groups in total. The van der Waals surface area contributed by atoms with E-state index in [0.717, 1.165) is 24.0 Å². The van der Waals surface area contributed by atoms with Crippen LogP contribution in [0.4, 0.5) is 5.69 Å². The molecule has 2 heterocycles. The third-order valence-corrected chi connectivity index (χ3v) is 4.57. The number of anilines is 1. The molecule has 1 aromatic carbocycles. The first-order valence-corrected chi connectivity index (χ1v) is 8.17. The number of carbonyl (C=O) groups excluding carboxylic acids is 1. The van der Waals surface area contributed by atoms with E-state index in [1.165, 1.54) is 35.9 Å². The average molecular weight is 305 g/mol. The van der Waals surface area contributed by atoms with Crippen LogP contribution in [-0.4, -0.2) is 15.9 Å². The van der Waals surface area contributed by atoms with Crippen molar-refractivity contribution >= 4 is 22.5 Å². The first-order valence-electron chi connectivity index (χ1n) is 8.17. The van der Waals surface area contributed by atoms with Gasteiger partial charge < -0.3 is 10.3 Å². The van der Waals surface area contributed by atoms with Crippen molar-refractivity contribution in [1.82, 2.24) is 9.97 Å². The number of aryl methyl sites for hydroxylation is 2. The molecule has 23 heavy (non-hydrogen) atoms. The van der Waals surface area contributed by atoms with E-state index in [0.29, 0.717) is 5.56 Å². The van der Waals surface area contributed by atoms with Crippen LogP contribution in [0.2, 0.25) is 0 Å². The van der Waals surface area contributed by atoms with Gasteiger partial charge in [0.05, 0.1) is 11.1 Å². The van der Waals surface area contributed by atoms with E-state index in [-0.39, 0.29) is 5.91 Å². The number of rotatable bonds is 2. The number of hydrogen-bond donors (Lipinski definition) is 2. The first kappa shape index (κ1) is 14.0. The van der Waals surface area contributed by atoms with Gasteiger partial charge in [0, 0.05) is 29.2 Å². The van der Waals surface area contributed by atoms with Crippen LogP contribution in [0.3, 0.4) is 0 Å². The van der Waals surface area contributed by atoms with Crippen LogP contribution in [0, 0.1) is 0 Å². The molecule has 3 aromatic rings. The van der Waals surface area contributed by atoms with E-state index in [1.54, 1.807) is 24.5 Å². The van der Waals surface area contributed by atoms with Gasteiger partial charge in [0.25, 0.3) is 5.91 Å². The molecule has 1 aliphatic carbocycles. The quantitative estimate of drug-likeness (QED) is 0.701. The second-order valence-corrected chi connectivity index (χ2v) is 6.06. The summed E-state index contributed by atoms with van der Waals surface area (Å²) in [6, 6.07) is 9.57. The van der Waals surface area contributed by atoms with Crippen molar-refractivity contribution in [3.05, 3.63) is 59.5 Å². The number of aromatic amines is 1. The highest BCUT2D eigenvalue weighted by molar-refractivity contribution is 6.12. The summed E-state index contributed by atoms with van der Waals surface area (Å²) in [7, 11) is 0. The van der Waals surface area contributed by atoms with Crippen LogP contribution in [0.25, 0.3) is 10.9 Å². The van der Waals surface area contributed by atoms with Crippen LogP contribution in [0.1, 0.15) is 40.9 Å². The molecule has 0 fully saturated rings. The number of carbonyl (C=O) groups is 1. The Hall–Kier alpha value is -2.62. The molecule has 1 aliphatic rings. The summed E-state index contributed by atoms with van der Waals surface area (Å²) < 4.78 is 0. The molecule has 0 aliphatic heterocycles. The molecule has 116 valence electrons. The molecule has 0 radical (unpaired) electrons. The SMILES string of the molecule is O=C(Nc1ccncc1)c1cccc2c3c([nH]c12)CCCCC3. The van der Waals surface area contributed by atoms with Crippen LogP contribution < -0.4 is 5.32 Å². The highest BCUT2D eigenvalue weighted by Crippen LogP contribution is 2.30. The van der Waals surface area contributed by atoms with Gasteiger partial charge in [-0.15, -0.1) is 0 Å². The van der Waals surface area contributed by atoms with Crippen molar-refractivity contribution in [3.8, 4) is 0 Å². The van der Waals surface area contributed by atoms with Crippen LogP contribution in [-0.2, 0) is 12.8 Å². The first-order chi connectivity index (χ1) is 11.3. The van der Waals surface area contributed by atoms with Crippen molar-refractivity contribution in [2.45, 2.75) is 32.1 Å². The molecule has 0 saturated heterocycles. The van der Waals surface area contributed by atoms with E-state index < -0.39 is 0 Å². The van der Waals surface area contributed by atoms with E-state index in [1.807, 2.05) is 12.1 Å². The largest absolute Gasteiger partial charge is 0.358 e. The predicted octanol–water partition coefficient (Wildman–Crippen LogP) is 4.08. The van der Waals surface area contributed by atoms with Crippen LogP contribution in [0.5, 0.6) is 0 Å². The Labute approximate surface area is 134 Å². The summed E-state index contributed by atoms with van der Waals surface area (Å²) >= 11 is 0. The fraction of sp³-hybridized carbons (Fsp3) is 0.263. The molecule has 4 nitrogen and oxygen atoms in total. The van der Waals surface area contributed by atoms with Gasteiger partial charge in [0.15, 0.2) is 0 Å². The summed E-state index contributed by atoms with van der Waals surface area (Å²) in [5.74, 6) is -0.0850. The van der Waals surface area contributed by atoms with Crippen LogP contribution in [0.15, 0.2) is 42.7 Å². The molecule has 0 bridgehead atoms. The molecule has 0 unspecified atom stereocenters. The lowest BCUT2D eigenvalue weighted by molar-refractivity contribution is 0.102. The summed E-state index contributed by atoms with van der Waals surface area (Å²) in [6.07, 6.45) is 9.26. The zero-order valence-corrected chi connectivity index (χ0v) is 12.9. The number of nitrogens with zero attached hydrogens (tertiary/aromatic N) is 1. The highest BCUT2D eigenvalue weighted by Gasteiger charge is 2.18. The zero-order chi connectivity index (χ0) is 15.6. The van der Waals surface area contributed by atoms with E-state index in [2.05, 4.69) is 21.4 Å². The summed E-state index contributed by atoms with van der Waals surface area (Å²) in [6.45, 7) is 0. The van der Waals surface area contributed by atoms with Crippen molar-refractivity contribution in [1.29, 1.82) is 0 Å². The third-order valence-electron chi connectivity index (χ3n) is 4.57. The smallest absolute Gasteiger partial charge is 0.257 e. The fourth-order valence-electron chi connectivity index (χ4n) is 3.43. The van der Waals surface area contributed by atoms with Gasteiger partial charge in [-0.3, -0.25) is 9.78 Å². The van der Waals surface area contributed by atoms with E-state index in [9.17, 15) is 4.79 Å². The average Bonchev–Trinajstić information content (AvgIpc) is 2.77. The van der Waals surface area contributed by atoms with E-state index in [4.69, 9.17) is 0 Å². The summed E-state index contributed by atoms with van der Waals surface area (Å²) in [4.78, 5) is 20.1. The van der Waals surface area contributed by atoms with Gasteiger partial charge in [0.2, 0.25) is 0 Å². The number of amides is 1. The molecule has 4 rings (SSSR count). The van der Waals surface area contributed by atoms with Gasteiger partial charge in [-0.05, 0) is 49.4 Å². The second-order valence-electron chi connectivity index (χ2n) is 6.06. The molecule has 0 saturated carbocycles. The molecular formula is C19H19N3O. The lowest BCUT2D eigenvalue weighted by atomic mass is 10.0. The molecular weight excluding hydrogens is 286 g/mol. The Bertz CT molecular complexity index is 852. The normalized spacial score (nSPS) is 14.3. The Morgan fingerprint density at radius 3 is 2.74 bits per heavy atom. The maximum absolute atomic E-state index is 12.7. The molecule has 0 spiro atoms. The van der Waals surface area contributed by atoms with Gasteiger partial charge in [-0.1, -0.05) is 18.6 Å². The minimum atomic E-state index is -0.0850. The number of pyridine rings is 1. The Morgan fingerprint density at radius 2 is 1.87 bits per heavy atom. The van der Waals surface area contributed by atoms with Crippen molar-refractivity contribution in [2.75, 3.05) is 5.32 Å². The van der Waals surface area contributed by atoms with Gasteiger partial charge in [-0.2, -0.15) is 0 Å². The number of fused-ring (bicyclic) bond motifs is 3. The number of para-hydroxylation sites is 1. The Balaban J connectivity index is 1.74. The van der Waals surface area contributed by atoms with Crippen molar-refractivity contribution in [3.63, 3.8) is 0 Å². The standard InChI is InChI=1S/C19H19N3O/c23-19(21-13-9-11-20-12-10-13)16-7-4-6-15-14-5-2-1-3-8-17(14)22-18(15)16/h4,6-7,9-12,22H,1-3,5,8H2,(H,20,21,23). The minimum Gasteiger partial charge on any atom is -0.358 e. The minimum absolute atomic E-state index is 0.0850. The van der Waals surface area contributed by atoms with Crippen molar-refractivity contribution < 1.29 is 4.79 Å². The maximum atomic E-state index is 12.7. The summed E-state index contributed by atoms with van der Waals surface area (Å²) in [5.41, 5.74) is 5.13. The molecule has 1 amide bonds. The highest BCUT2D eigenvalue weighted by atomic mass is 16.1. The number of nitrogens with one attached hydrogen (secondary N) is 2. The number of benzene rings is 1. The lowest BCUT2D eigenvalue weighted by Gasteiger charge is -2.06. The third kappa shape index (κ3) is 2.61. The number of hydrogen-bond acceptors (Lipinski definition) is 2. The lowest BCUT2D eigenvalue weighted by Crippen LogP contribution is -2.12. The summed E-state index contributed by atoms with van der Waals surface area (Å²) in [5, 5.41) is 4.14. The topological polar surface area (TPSA) is 57.8 Å². The molecule has 0 atom stereocenters. The Morgan fingerprint density at radius 1 is 1.04 bits per heavy atom. The zero-order valence-electron chi connectivity index (χ0n) is 12.9. The number of H-pyrrole nitrogens is 1. The van der Waals surface area contributed by atoms with E-state index >= 15 is 0 Å². The van der Waals surface area contributed by atoms with Crippen molar-refractivity contribution in [2.24, 2.45) is 0 Å². The predicted molar refractivity (Wildman–Crippen MR) is 91.7 cm³/mol. The Kier molecular flexibility index (Phi) is 3.58. The van der Waals surface area contributed by atoms with Gasteiger partial charge in [-0.25, -0.2) is 0 Å². The number of aromatic nitrogens is 2. The van der Waals surface area contributed by atoms with Gasteiger partial charge in [0.1, 0.15) is 0 Å². The maximum Gasteiger partial charge on any atom is 0.257 e. The molecule has 4 heteroatoms. The van der Waals surface area contributed by atoms with Gasteiger partial charge >= 0.3 is 0 Å². The fourth-order valence-corrected chi connectivity index (χ4v) is 3.43. The monoisotopic (exact) mass is 305 g/mol.